The molecule has 5 nitrogen and oxygen atoms in total. The predicted molar refractivity (Wildman–Crippen MR) is 124 cm³/mol. The van der Waals surface area contributed by atoms with Crippen LogP contribution in [0, 0.1) is 0 Å². The van der Waals surface area contributed by atoms with Crippen molar-refractivity contribution < 1.29 is 9.59 Å². The Morgan fingerprint density at radius 1 is 0.833 bits per heavy atom. The molecule has 4 rings (SSSR count). The second-order valence-electron chi connectivity index (χ2n) is 7.06. The Balaban J connectivity index is 1.39. The summed E-state index contributed by atoms with van der Waals surface area (Å²) >= 11 is 1.63. The normalized spacial score (nSPS) is 13.5. The summed E-state index contributed by atoms with van der Waals surface area (Å²) in [6.07, 6.45) is 5.38. The van der Waals surface area contributed by atoms with Crippen LogP contribution in [0.5, 0.6) is 0 Å². The average molecular weight is 418 g/mol. The zero-order valence-corrected chi connectivity index (χ0v) is 17.3. The lowest BCUT2D eigenvalue weighted by atomic mass is 10.2. The Kier molecular flexibility index (Phi) is 6.25. The number of para-hydroxylation sites is 2. The Morgan fingerprint density at radius 2 is 1.50 bits per heavy atom. The average Bonchev–Trinajstić information content (AvgIpc) is 3.47. The topological polar surface area (TPSA) is 61.4 Å². The van der Waals surface area contributed by atoms with E-state index in [9.17, 15) is 9.59 Å². The van der Waals surface area contributed by atoms with Gasteiger partial charge in [0.25, 0.3) is 0 Å². The van der Waals surface area contributed by atoms with Crippen LogP contribution in [0.15, 0.2) is 72.8 Å². The molecular weight excluding hydrogens is 394 g/mol. The van der Waals surface area contributed by atoms with Gasteiger partial charge in [-0.3, -0.25) is 4.79 Å². The maximum absolute atomic E-state index is 12.4. The highest BCUT2D eigenvalue weighted by Gasteiger charge is 2.18. The number of hydrogen-bond acceptors (Lipinski definition) is 3. The van der Waals surface area contributed by atoms with Crippen LogP contribution in [0.4, 0.5) is 16.2 Å². The number of urea groups is 1. The van der Waals surface area contributed by atoms with E-state index in [0.717, 1.165) is 41.2 Å². The Hall–Kier alpha value is -3.38. The number of anilines is 2. The summed E-state index contributed by atoms with van der Waals surface area (Å²) in [6.45, 7) is 1.55. The molecule has 0 atom stereocenters. The maximum Gasteiger partial charge on any atom is 0.321 e. The van der Waals surface area contributed by atoms with E-state index in [1.807, 2.05) is 36.4 Å². The van der Waals surface area contributed by atoms with Crippen LogP contribution in [0.1, 0.15) is 17.7 Å². The minimum absolute atomic E-state index is 0.128. The smallest absolute Gasteiger partial charge is 0.321 e. The highest BCUT2D eigenvalue weighted by molar-refractivity contribution is 7.16. The highest BCUT2D eigenvalue weighted by atomic mass is 32.1. The molecule has 3 aromatic rings. The van der Waals surface area contributed by atoms with Gasteiger partial charge in [-0.15, -0.1) is 11.3 Å². The largest absolute Gasteiger partial charge is 0.325 e. The van der Waals surface area contributed by atoms with Crippen molar-refractivity contribution in [3.63, 3.8) is 0 Å². The van der Waals surface area contributed by atoms with E-state index in [2.05, 4.69) is 28.8 Å². The summed E-state index contributed by atoms with van der Waals surface area (Å²) in [5, 5.41) is 5.76. The minimum Gasteiger partial charge on any atom is -0.325 e. The van der Waals surface area contributed by atoms with E-state index in [4.69, 9.17) is 0 Å². The molecule has 0 aliphatic carbocycles. The monoisotopic (exact) mass is 417 g/mol. The summed E-state index contributed by atoms with van der Waals surface area (Å²) < 4.78 is 0. The molecule has 0 spiro atoms. The molecule has 1 fully saturated rings. The molecule has 0 unspecified atom stereocenters. The van der Waals surface area contributed by atoms with E-state index in [1.54, 1.807) is 34.4 Å². The van der Waals surface area contributed by atoms with Gasteiger partial charge in [0.15, 0.2) is 0 Å². The molecule has 6 heteroatoms. The number of carbonyl (C=O) groups is 2. The number of likely N-dealkylation sites (tertiary alicyclic amines) is 1. The Morgan fingerprint density at radius 3 is 2.23 bits per heavy atom. The molecule has 1 aromatic heterocycles. The van der Waals surface area contributed by atoms with Crippen LogP contribution in [-0.2, 0) is 4.79 Å². The van der Waals surface area contributed by atoms with Gasteiger partial charge in [-0.05, 0) is 48.7 Å². The zero-order chi connectivity index (χ0) is 20.8. The fourth-order valence-corrected chi connectivity index (χ4v) is 4.26. The molecule has 2 heterocycles. The predicted octanol–water partition coefficient (Wildman–Crippen LogP) is 5.69. The summed E-state index contributed by atoms with van der Waals surface area (Å²) in [7, 11) is 0. The highest BCUT2D eigenvalue weighted by Crippen LogP contribution is 2.28. The van der Waals surface area contributed by atoms with Gasteiger partial charge in [0.05, 0.1) is 11.4 Å². The van der Waals surface area contributed by atoms with Gasteiger partial charge in [0.2, 0.25) is 5.91 Å². The van der Waals surface area contributed by atoms with Gasteiger partial charge in [-0.25, -0.2) is 4.79 Å². The van der Waals surface area contributed by atoms with Crippen molar-refractivity contribution in [2.45, 2.75) is 12.8 Å². The van der Waals surface area contributed by atoms with Gasteiger partial charge in [0.1, 0.15) is 0 Å². The first-order valence-electron chi connectivity index (χ1n) is 9.98. The van der Waals surface area contributed by atoms with Crippen molar-refractivity contribution >= 4 is 40.7 Å². The number of rotatable bonds is 5. The van der Waals surface area contributed by atoms with Crippen LogP contribution in [-0.4, -0.2) is 29.9 Å². The standard InChI is InChI=1S/C24H23N3O2S/c28-23(15-13-19-12-14-22(30-19)18-8-2-1-3-9-18)25-20-10-4-5-11-21(20)26-24(29)27-16-6-7-17-27/h1-5,8-15H,6-7,16-17H2,(H,25,28)(H,26,29). The summed E-state index contributed by atoms with van der Waals surface area (Å²) in [4.78, 5) is 28.8. The van der Waals surface area contributed by atoms with E-state index in [1.165, 1.54) is 6.08 Å². The molecule has 0 radical (unpaired) electrons. The number of thiophene rings is 1. The second-order valence-corrected chi connectivity index (χ2v) is 8.18. The lowest BCUT2D eigenvalue weighted by Crippen LogP contribution is -2.32. The lowest BCUT2D eigenvalue weighted by molar-refractivity contribution is -0.111. The summed E-state index contributed by atoms with van der Waals surface area (Å²) in [5.74, 6) is -0.243. The number of carbonyl (C=O) groups excluding carboxylic acids is 2. The van der Waals surface area contributed by atoms with Crippen molar-refractivity contribution in [3.8, 4) is 10.4 Å². The van der Waals surface area contributed by atoms with E-state index in [-0.39, 0.29) is 11.9 Å². The molecule has 2 aromatic carbocycles. The molecular formula is C24H23N3O2S. The lowest BCUT2D eigenvalue weighted by Gasteiger charge is -2.18. The third-order valence-electron chi connectivity index (χ3n) is 4.90. The molecule has 3 amide bonds. The number of hydrogen-bond donors (Lipinski definition) is 2. The first-order valence-corrected chi connectivity index (χ1v) is 10.8. The van der Waals surface area contributed by atoms with Crippen molar-refractivity contribution in [1.29, 1.82) is 0 Å². The minimum atomic E-state index is -0.243. The van der Waals surface area contributed by atoms with Gasteiger partial charge < -0.3 is 15.5 Å². The third-order valence-corrected chi connectivity index (χ3v) is 6.00. The van der Waals surface area contributed by atoms with Gasteiger partial charge >= 0.3 is 6.03 Å². The maximum atomic E-state index is 12.4. The van der Waals surface area contributed by atoms with Gasteiger partial charge in [-0.2, -0.15) is 0 Å². The molecule has 1 aliphatic rings. The fourth-order valence-electron chi connectivity index (χ4n) is 3.35. The molecule has 0 bridgehead atoms. The fraction of sp³-hybridized carbons (Fsp3) is 0.167. The second kappa shape index (κ2) is 9.41. The molecule has 30 heavy (non-hydrogen) atoms. The van der Waals surface area contributed by atoms with E-state index in [0.29, 0.717) is 11.4 Å². The van der Waals surface area contributed by atoms with Crippen molar-refractivity contribution in [1.82, 2.24) is 4.90 Å². The molecule has 1 saturated heterocycles. The number of benzene rings is 2. The number of nitrogens with one attached hydrogen (secondary N) is 2. The van der Waals surface area contributed by atoms with Crippen molar-refractivity contribution in [2.75, 3.05) is 23.7 Å². The molecule has 2 N–H and O–H groups in total. The quantitative estimate of drug-likeness (QED) is 0.524. The third kappa shape index (κ3) is 4.96. The van der Waals surface area contributed by atoms with Crippen molar-refractivity contribution in [2.24, 2.45) is 0 Å². The first kappa shape index (κ1) is 19.9. The van der Waals surface area contributed by atoms with E-state index < -0.39 is 0 Å². The first-order chi connectivity index (χ1) is 14.7. The molecule has 152 valence electrons. The Bertz CT molecular complexity index is 1050. The van der Waals surface area contributed by atoms with Crippen LogP contribution in [0.3, 0.4) is 0 Å². The summed E-state index contributed by atoms with van der Waals surface area (Å²) in [5.41, 5.74) is 2.34. The van der Waals surface area contributed by atoms with Crippen LogP contribution in [0.25, 0.3) is 16.5 Å². The summed E-state index contributed by atoms with van der Waals surface area (Å²) in [6, 6.07) is 21.3. The zero-order valence-electron chi connectivity index (χ0n) is 16.5. The van der Waals surface area contributed by atoms with Crippen LogP contribution in [0.2, 0.25) is 0 Å². The molecule has 0 saturated carbocycles. The van der Waals surface area contributed by atoms with E-state index >= 15 is 0 Å². The Labute approximate surface area is 180 Å². The van der Waals surface area contributed by atoms with Gasteiger partial charge in [0, 0.05) is 28.9 Å². The van der Waals surface area contributed by atoms with Crippen LogP contribution >= 0.6 is 11.3 Å². The van der Waals surface area contributed by atoms with Crippen LogP contribution < -0.4 is 10.6 Å². The number of amides is 3. The SMILES string of the molecule is O=C(C=Cc1ccc(-c2ccccc2)s1)Nc1ccccc1NC(=O)N1CCCC1. The van der Waals surface area contributed by atoms with Gasteiger partial charge in [-0.1, -0.05) is 42.5 Å². The molecule has 1 aliphatic heterocycles. The number of nitrogens with zero attached hydrogens (tertiary/aromatic N) is 1. The van der Waals surface area contributed by atoms with Crippen molar-refractivity contribution in [3.05, 3.63) is 77.7 Å².